The van der Waals surface area contributed by atoms with E-state index in [-0.39, 0.29) is 24.0 Å². The molecule has 176 valence electrons. The van der Waals surface area contributed by atoms with Gasteiger partial charge in [-0.1, -0.05) is 23.9 Å². The molecule has 0 unspecified atom stereocenters. The molecular formula is C23H23N5O5S. The number of benzene rings is 2. The highest BCUT2D eigenvalue weighted by Gasteiger charge is 2.09. The predicted octanol–water partition coefficient (Wildman–Crippen LogP) is 3.83. The van der Waals surface area contributed by atoms with E-state index in [1.165, 1.54) is 37.2 Å². The summed E-state index contributed by atoms with van der Waals surface area (Å²) in [6, 6.07) is 13.3. The maximum Gasteiger partial charge on any atom is 0.269 e. The van der Waals surface area contributed by atoms with Crippen LogP contribution >= 0.6 is 11.8 Å². The van der Waals surface area contributed by atoms with E-state index < -0.39 is 4.92 Å². The summed E-state index contributed by atoms with van der Waals surface area (Å²) in [5.41, 5.74) is 5.51. The van der Waals surface area contributed by atoms with Crippen LogP contribution in [0.1, 0.15) is 22.5 Å². The minimum Gasteiger partial charge on any atom is -0.493 e. The van der Waals surface area contributed by atoms with Crippen LogP contribution in [-0.4, -0.2) is 39.9 Å². The van der Waals surface area contributed by atoms with E-state index in [1.807, 2.05) is 19.9 Å². The van der Waals surface area contributed by atoms with Crippen LogP contribution in [0.15, 0.2) is 58.8 Å². The lowest BCUT2D eigenvalue weighted by molar-refractivity contribution is -0.384. The van der Waals surface area contributed by atoms with E-state index in [4.69, 9.17) is 9.47 Å². The van der Waals surface area contributed by atoms with E-state index in [0.717, 1.165) is 11.4 Å². The van der Waals surface area contributed by atoms with Crippen LogP contribution in [0.3, 0.4) is 0 Å². The number of rotatable bonds is 10. The topological polar surface area (TPSA) is 129 Å². The summed E-state index contributed by atoms with van der Waals surface area (Å²) in [6.45, 7) is 3.90. The number of thioether (sulfide) groups is 1. The summed E-state index contributed by atoms with van der Waals surface area (Å²) in [5.74, 6) is 0.782. The Morgan fingerprint density at radius 2 is 1.91 bits per heavy atom. The van der Waals surface area contributed by atoms with Crippen molar-refractivity contribution in [3.8, 4) is 11.5 Å². The van der Waals surface area contributed by atoms with Crippen molar-refractivity contribution in [3.63, 3.8) is 0 Å². The first-order valence-electron chi connectivity index (χ1n) is 10.1. The van der Waals surface area contributed by atoms with Crippen molar-refractivity contribution < 1.29 is 19.2 Å². The van der Waals surface area contributed by atoms with Gasteiger partial charge in [0.2, 0.25) is 0 Å². The Kier molecular flexibility index (Phi) is 8.52. The molecule has 0 saturated heterocycles. The summed E-state index contributed by atoms with van der Waals surface area (Å²) in [4.78, 5) is 31.1. The van der Waals surface area contributed by atoms with Gasteiger partial charge in [-0.2, -0.15) is 5.10 Å². The van der Waals surface area contributed by atoms with Crippen LogP contribution in [0, 0.1) is 24.0 Å². The average Bonchev–Trinajstić information content (AvgIpc) is 2.81. The van der Waals surface area contributed by atoms with E-state index in [9.17, 15) is 14.9 Å². The molecular weight excluding hydrogens is 458 g/mol. The number of amides is 1. The molecule has 3 aromatic rings. The maximum absolute atomic E-state index is 12.1. The first kappa shape index (κ1) is 24.6. The summed E-state index contributed by atoms with van der Waals surface area (Å²) in [7, 11) is 1.50. The van der Waals surface area contributed by atoms with E-state index >= 15 is 0 Å². The molecule has 1 heterocycles. The van der Waals surface area contributed by atoms with Gasteiger partial charge in [0.25, 0.3) is 11.6 Å². The molecule has 3 rings (SSSR count). The Hall–Kier alpha value is -3.99. The summed E-state index contributed by atoms with van der Waals surface area (Å²) < 4.78 is 11.1. The molecule has 0 atom stereocenters. The van der Waals surface area contributed by atoms with Gasteiger partial charge >= 0.3 is 0 Å². The second-order valence-corrected chi connectivity index (χ2v) is 8.08. The largest absolute Gasteiger partial charge is 0.493 e. The van der Waals surface area contributed by atoms with Gasteiger partial charge in [-0.15, -0.1) is 0 Å². The smallest absolute Gasteiger partial charge is 0.269 e. The normalized spacial score (nSPS) is 10.8. The molecule has 1 aromatic heterocycles. The van der Waals surface area contributed by atoms with Gasteiger partial charge in [0.1, 0.15) is 6.61 Å². The lowest BCUT2D eigenvalue weighted by Gasteiger charge is -2.11. The monoisotopic (exact) mass is 481 g/mol. The molecule has 0 radical (unpaired) electrons. The molecule has 0 aliphatic rings. The molecule has 1 amide bonds. The van der Waals surface area contributed by atoms with Crippen LogP contribution in [0.5, 0.6) is 11.5 Å². The van der Waals surface area contributed by atoms with Crippen molar-refractivity contribution in [1.82, 2.24) is 15.4 Å². The van der Waals surface area contributed by atoms with Crippen LogP contribution < -0.4 is 14.9 Å². The van der Waals surface area contributed by atoms with Crippen molar-refractivity contribution in [2.75, 3.05) is 12.9 Å². The third kappa shape index (κ3) is 7.27. The van der Waals surface area contributed by atoms with Gasteiger partial charge in [0.05, 0.1) is 24.0 Å². The Bertz CT molecular complexity index is 1200. The molecule has 0 spiro atoms. The second kappa shape index (κ2) is 11.8. The van der Waals surface area contributed by atoms with Crippen molar-refractivity contribution in [2.24, 2.45) is 5.10 Å². The summed E-state index contributed by atoms with van der Waals surface area (Å²) >= 11 is 1.24. The van der Waals surface area contributed by atoms with Gasteiger partial charge in [-0.3, -0.25) is 14.9 Å². The number of carbonyl (C=O) groups is 1. The van der Waals surface area contributed by atoms with Crippen LogP contribution in [0.4, 0.5) is 5.69 Å². The number of hydrogen-bond donors (Lipinski definition) is 1. The van der Waals surface area contributed by atoms with E-state index in [0.29, 0.717) is 27.8 Å². The highest BCUT2D eigenvalue weighted by Crippen LogP contribution is 2.28. The molecule has 34 heavy (non-hydrogen) atoms. The molecule has 0 fully saturated rings. The first-order valence-corrected chi connectivity index (χ1v) is 11.1. The van der Waals surface area contributed by atoms with Crippen LogP contribution in [-0.2, 0) is 11.4 Å². The van der Waals surface area contributed by atoms with Gasteiger partial charge in [-0.25, -0.2) is 15.4 Å². The van der Waals surface area contributed by atoms with Crippen LogP contribution in [0.25, 0.3) is 0 Å². The average molecular weight is 482 g/mol. The van der Waals surface area contributed by atoms with E-state index in [2.05, 4.69) is 20.5 Å². The molecule has 10 nitrogen and oxygen atoms in total. The van der Waals surface area contributed by atoms with Gasteiger partial charge < -0.3 is 9.47 Å². The number of hydrogen-bond acceptors (Lipinski definition) is 9. The molecule has 0 bridgehead atoms. The first-order chi connectivity index (χ1) is 16.3. The fraction of sp³-hybridized carbons (Fsp3) is 0.217. The minimum absolute atomic E-state index is 0.00148. The Balaban J connectivity index is 1.54. The van der Waals surface area contributed by atoms with Gasteiger partial charge in [-0.05, 0) is 49.2 Å². The molecule has 0 aliphatic carbocycles. The van der Waals surface area contributed by atoms with Crippen molar-refractivity contribution in [1.29, 1.82) is 0 Å². The number of methoxy groups -OCH3 is 1. The van der Waals surface area contributed by atoms with Crippen molar-refractivity contribution >= 4 is 29.6 Å². The Morgan fingerprint density at radius 1 is 1.15 bits per heavy atom. The standard InChI is InChI=1S/C23H23N5O5S/c1-15-9-16(2)26-23(25-15)34-14-22(29)27-24-12-17-7-8-20(21(11-17)32-3)33-13-18-5-4-6-19(10-18)28(30)31/h4-12H,13-14H2,1-3H3,(H,27,29)/b24-12+. The number of nitrogens with one attached hydrogen (secondary N) is 1. The quantitative estimate of drug-likeness (QED) is 0.152. The summed E-state index contributed by atoms with van der Waals surface area (Å²) in [5, 5.41) is 15.4. The third-order valence-corrected chi connectivity index (χ3v) is 5.25. The highest BCUT2D eigenvalue weighted by molar-refractivity contribution is 7.99. The van der Waals surface area contributed by atoms with Crippen molar-refractivity contribution in [2.45, 2.75) is 25.6 Å². The predicted molar refractivity (Wildman–Crippen MR) is 128 cm³/mol. The Labute approximate surface area is 200 Å². The zero-order valence-electron chi connectivity index (χ0n) is 18.8. The molecule has 0 saturated carbocycles. The Morgan fingerprint density at radius 3 is 2.62 bits per heavy atom. The number of ether oxygens (including phenoxy) is 2. The van der Waals surface area contributed by atoms with Gasteiger partial charge in [0.15, 0.2) is 16.7 Å². The third-order valence-electron chi connectivity index (χ3n) is 4.40. The van der Waals surface area contributed by atoms with E-state index in [1.54, 1.807) is 30.3 Å². The number of aromatic nitrogens is 2. The number of nitro groups is 1. The number of nitrogens with zero attached hydrogens (tertiary/aromatic N) is 4. The lowest BCUT2D eigenvalue weighted by atomic mass is 10.2. The number of non-ortho nitro benzene ring substituents is 1. The minimum atomic E-state index is -0.451. The van der Waals surface area contributed by atoms with Crippen LogP contribution in [0.2, 0.25) is 0 Å². The van der Waals surface area contributed by atoms with Gasteiger partial charge in [0, 0.05) is 23.5 Å². The number of aryl methyl sites for hydroxylation is 2. The fourth-order valence-corrected chi connectivity index (χ4v) is 3.65. The second-order valence-electron chi connectivity index (χ2n) is 7.14. The highest BCUT2D eigenvalue weighted by atomic mass is 32.2. The zero-order chi connectivity index (χ0) is 24.5. The zero-order valence-corrected chi connectivity index (χ0v) is 19.7. The summed E-state index contributed by atoms with van der Waals surface area (Å²) in [6.07, 6.45) is 1.49. The number of carbonyl (C=O) groups excluding carboxylic acids is 1. The molecule has 1 N–H and O–H groups in total. The number of hydrazone groups is 1. The SMILES string of the molecule is COc1cc(/C=N/NC(=O)CSc2nc(C)cc(C)n2)ccc1OCc1cccc([N+](=O)[O-])c1. The molecule has 11 heteroatoms. The number of nitro benzene ring substituents is 1. The molecule has 0 aliphatic heterocycles. The lowest BCUT2D eigenvalue weighted by Crippen LogP contribution is -2.19. The fourth-order valence-electron chi connectivity index (χ4n) is 2.90. The molecule has 2 aromatic carbocycles. The maximum atomic E-state index is 12.1. The van der Waals surface area contributed by atoms with Crippen molar-refractivity contribution in [3.05, 3.63) is 81.2 Å².